The molecule has 0 heterocycles. The zero-order valence-electron chi connectivity index (χ0n) is 14.4. The summed E-state index contributed by atoms with van der Waals surface area (Å²) in [6.07, 6.45) is 0.228. The van der Waals surface area contributed by atoms with Crippen molar-refractivity contribution in [2.24, 2.45) is 0 Å². The highest BCUT2D eigenvalue weighted by Gasteiger charge is 2.19. The maximum Gasteiger partial charge on any atom is 0.407 e. The molecule has 3 nitrogen and oxygen atoms in total. The van der Waals surface area contributed by atoms with Gasteiger partial charge in [-0.1, -0.05) is 54.6 Å². The van der Waals surface area contributed by atoms with E-state index in [2.05, 4.69) is 41.7 Å². The minimum Gasteiger partial charge on any atom is -0.444 e. The van der Waals surface area contributed by atoms with Crippen LogP contribution in [0.1, 0.15) is 26.3 Å². The highest BCUT2D eigenvalue weighted by atomic mass is 35.5. The maximum atomic E-state index is 11.9. The van der Waals surface area contributed by atoms with Crippen molar-refractivity contribution in [1.82, 2.24) is 5.32 Å². The summed E-state index contributed by atoms with van der Waals surface area (Å²) in [5.74, 6) is 0.333. The Morgan fingerprint density at radius 1 is 1.04 bits per heavy atom. The van der Waals surface area contributed by atoms with E-state index in [4.69, 9.17) is 16.3 Å². The van der Waals surface area contributed by atoms with Crippen molar-refractivity contribution >= 4 is 17.7 Å². The predicted molar refractivity (Wildman–Crippen MR) is 99.5 cm³/mol. The van der Waals surface area contributed by atoms with E-state index in [1.807, 2.05) is 39.0 Å². The monoisotopic (exact) mass is 345 g/mol. The molecule has 0 aliphatic carbocycles. The predicted octanol–water partition coefficient (Wildman–Crippen LogP) is 5.03. The molecule has 4 heteroatoms. The van der Waals surface area contributed by atoms with Crippen molar-refractivity contribution in [3.05, 3.63) is 60.2 Å². The fraction of sp³-hybridized carbons (Fsp3) is 0.350. The van der Waals surface area contributed by atoms with Crippen LogP contribution in [0.4, 0.5) is 4.79 Å². The molecule has 2 aromatic carbocycles. The van der Waals surface area contributed by atoms with Gasteiger partial charge in [0.25, 0.3) is 0 Å². The SMILES string of the molecule is CC(C)(C)OC(=O)N[C@@H](CCl)Cc1ccc(-c2ccccc2)cc1. The average Bonchev–Trinajstić information content (AvgIpc) is 2.54. The number of alkyl halides is 1. The summed E-state index contributed by atoms with van der Waals surface area (Å²) < 4.78 is 5.28. The number of benzene rings is 2. The lowest BCUT2D eigenvalue weighted by Gasteiger charge is -2.22. The second-order valence-electron chi connectivity index (χ2n) is 6.76. The second kappa shape index (κ2) is 8.20. The molecule has 0 saturated carbocycles. The molecule has 1 atom stereocenters. The van der Waals surface area contributed by atoms with Crippen LogP contribution in [0.2, 0.25) is 0 Å². The van der Waals surface area contributed by atoms with Gasteiger partial charge in [0.15, 0.2) is 0 Å². The number of hydrogen-bond donors (Lipinski definition) is 1. The number of rotatable bonds is 5. The molecule has 1 amide bonds. The van der Waals surface area contributed by atoms with E-state index in [-0.39, 0.29) is 6.04 Å². The van der Waals surface area contributed by atoms with Gasteiger partial charge in [0.2, 0.25) is 0 Å². The number of carbonyl (C=O) groups is 1. The molecule has 0 radical (unpaired) electrons. The lowest BCUT2D eigenvalue weighted by molar-refractivity contribution is 0.0509. The molecule has 24 heavy (non-hydrogen) atoms. The average molecular weight is 346 g/mol. The molecular formula is C20H24ClNO2. The first-order chi connectivity index (χ1) is 11.4. The minimum absolute atomic E-state index is 0.163. The molecule has 0 fully saturated rings. The third kappa shape index (κ3) is 5.89. The Labute approximate surface area is 149 Å². The fourth-order valence-corrected chi connectivity index (χ4v) is 2.55. The quantitative estimate of drug-likeness (QED) is 0.772. The Hall–Kier alpha value is -2.00. The smallest absolute Gasteiger partial charge is 0.407 e. The number of carbonyl (C=O) groups excluding carboxylic acids is 1. The summed E-state index contributed by atoms with van der Waals surface area (Å²) in [5.41, 5.74) is 2.96. The van der Waals surface area contributed by atoms with Crippen LogP contribution in [-0.4, -0.2) is 23.6 Å². The van der Waals surface area contributed by atoms with Crippen LogP contribution in [0.3, 0.4) is 0 Å². The van der Waals surface area contributed by atoms with Gasteiger partial charge in [0.05, 0.1) is 0 Å². The molecule has 0 aromatic heterocycles. The van der Waals surface area contributed by atoms with Crippen LogP contribution in [-0.2, 0) is 11.2 Å². The summed E-state index contributed by atoms with van der Waals surface area (Å²) >= 11 is 5.99. The zero-order valence-corrected chi connectivity index (χ0v) is 15.1. The van der Waals surface area contributed by atoms with Crippen molar-refractivity contribution in [3.63, 3.8) is 0 Å². The van der Waals surface area contributed by atoms with E-state index in [0.29, 0.717) is 12.3 Å². The van der Waals surface area contributed by atoms with Crippen LogP contribution in [0, 0.1) is 0 Å². The molecule has 0 aliphatic heterocycles. The van der Waals surface area contributed by atoms with E-state index in [1.54, 1.807) is 0 Å². The Morgan fingerprint density at radius 3 is 2.17 bits per heavy atom. The minimum atomic E-state index is -0.516. The number of amides is 1. The largest absolute Gasteiger partial charge is 0.444 e. The number of halogens is 1. The van der Waals surface area contributed by atoms with Gasteiger partial charge in [-0.15, -0.1) is 11.6 Å². The maximum absolute atomic E-state index is 11.9. The van der Waals surface area contributed by atoms with Gasteiger partial charge in [-0.3, -0.25) is 0 Å². The first-order valence-electron chi connectivity index (χ1n) is 8.07. The molecule has 0 bridgehead atoms. The topological polar surface area (TPSA) is 38.3 Å². The van der Waals surface area contributed by atoms with Gasteiger partial charge in [0, 0.05) is 11.9 Å². The number of nitrogens with one attached hydrogen (secondary N) is 1. The number of alkyl carbamates (subject to hydrolysis) is 1. The van der Waals surface area contributed by atoms with Crippen molar-refractivity contribution < 1.29 is 9.53 Å². The fourth-order valence-electron chi connectivity index (χ4n) is 2.37. The van der Waals surface area contributed by atoms with Crippen molar-refractivity contribution in [1.29, 1.82) is 0 Å². The van der Waals surface area contributed by atoms with Gasteiger partial charge < -0.3 is 10.1 Å². The van der Waals surface area contributed by atoms with E-state index in [0.717, 1.165) is 5.56 Å². The molecule has 0 saturated heterocycles. The first kappa shape index (κ1) is 18.3. The first-order valence-corrected chi connectivity index (χ1v) is 8.60. The Bertz CT molecular complexity index is 648. The third-order valence-corrected chi connectivity index (χ3v) is 3.82. The molecule has 0 spiro atoms. The summed E-state index contributed by atoms with van der Waals surface area (Å²) in [6, 6.07) is 18.4. The summed E-state index contributed by atoms with van der Waals surface area (Å²) in [5, 5.41) is 2.82. The highest BCUT2D eigenvalue weighted by molar-refractivity contribution is 6.18. The van der Waals surface area contributed by atoms with Crippen molar-refractivity contribution in [3.8, 4) is 11.1 Å². The van der Waals surface area contributed by atoms with E-state index < -0.39 is 11.7 Å². The Balaban J connectivity index is 1.97. The standard InChI is InChI=1S/C20H24ClNO2/c1-20(2,3)24-19(23)22-18(14-21)13-15-9-11-17(12-10-15)16-7-5-4-6-8-16/h4-12,18H,13-14H2,1-3H3,(H,22,23)/t18-/m1/s1. The molecule has 1 N–H and O–H groups in total. The normalized spacial score (nSPS) is 12.5. The van der Waals surface area contributed by atoms with Crippen LogP contribution in [0.5, 0.6) is 0 Å². The second-order valence-corrected chi connectivity index (χ2v) is 7.07. The van der Waals surface area contributed by atoms with E-state index in [1.165, 1.54) is 11.1 Å². The Morgan fingerprint density at radius 2 is 1.62 bits per heavy atom. The van der Waals surface area contributed by atoms with Gasteiger partial charge >= 0.3 is 6.09 Å². The third-order valence-electron chi connectivity index (χ3n) is 3.45. The van der Waals surface area contributed by atoms with Crippen LogP contribution < -0.4 is 5.32 Å². The Kier molecular flexibility index (Phi) is 6.27. The lowest BCUT2D eigenvalue weighted by atomic mass is 10.0. The van der Waals surface area contributed by atoms with Gasteiger partial charge in [-0.05, 0) is 43.9 Å². The molecule has 2 rings (SSSR count). The van der Waals surface area contributed by atoms with Crippen LogP contribution in [0.15, 0.2) is 54.6 Å². The zero-order chi connectivity index (χ0) is 17.6. The molecular weight excluding hydrogens is 322 g/mol. The van der Waals surface area contributed by atoms with E-state index in [9.17, 15) is 4.79 Å². The number of hydrogen-bond acceptors (Lipinski definition) is 2. The summed E-state index contributed by atoms with van der Waals surface area (Å²) in [4.78, 5) is 11.9. The van der Waals surface area contributed by atoms with Crippen LogP contribution in [0.25, 0.3) is 11.1 Å². The summed E-state index contributed by atoms with van der Waals surface area (Å²) in [6.45, 7) is 5.51. The lowest BCUT2D eigenvalue weighted by Crippen LogP contribution is -2.41. The number of ether oxygens (including phenoxy) is 1. The van der Waals surface area contributed by atoms with Gasteiger partial charge in [0.1, 0.15) is 5.60 Å². The molecule has 0 aliphatic rings. The molecule has 128 valence electrons. The van der Waals surface area contributed by atoms with Crippen molar-refractivity contribution in [2.45, 2.75) is 38.8 Å². The molecule has 2 aromatic rings. The van der Waals surface area contributed by atoms with Gasteiger partial charge in [-0.2, -0.15) is 0 Å². The van der Waals surface area contributed by atoms with E-state index >= 15 is 0 Å². The van der Waals surface area contributed by atoms with Crippen LogP contribution >= 0.6 is 11.6 Å². The molecule has 0 unspecified atom stereocenters. The van der Waals surface area contributed by atoms with Crippen molar-refractivity contribution in [2.75, 3.05) is 5.88 Å². The van der Waals surface area contributed by atoms with Gasteiger partial charge in [-0.25, -0.2) is 4.79 Å². The highest BCUT2D eigenvalue weighted by Crippen LogP contribution is 2.20. The summed E-state index contributed by atoms with van der Waals surface area (Å²) in [7, 11) is 0.